The van der Waals surface area contributed by atoms with Gasteiger partial charge in [0.2, 0.25) is 5.95 Å². The largest absolute Gasteiger partial charge is 0.490 e. The van der Waals surface area contributed by atoms with Crippen molar-refractivity contribution in [3.8, 4) is 6.07 Å². The maximum Gasteiger partial charge on any atom is 0.490 e. The summed E-state index contributed by atoms with van der Waals surface area (Å²) in [7, 11) is 0. The van der Waals surface area contributed by atoms with E-state index in [1.54, 1.807) is 0 Å². The first-order chi connectivity index (χ1) is 14.3. The van der Waals surface area contributed by atoms with Crippen LogP contribution in [0.25, 0.3) is 0 Å². The molecule has 3 heterocycles. The van der Waals surface area contributed by atoms with Crippen molar-refractivity contribution in [3.63, 3.8) is 0 Å². The van der Waals surface area contributed by atoms with Crippen LogP contribution in [0.4, 0.5) is 19.1 Å². The van der Waals surface area contributed by atoms with Gasteiger partial charge in [-0.15, -0.1) is 0 Å². The highest BCUT2D eigenvalue weighted by Crippen LogP contribution is 2.33. The van der Waals surface area contributed by atoms with E-state index >= 15 is 0 Å². The van der Waals surface area contributed by atoms with Crippen molar-refractivity contribution in [2.75, 3.05) is 31.1 Å². The predicted molar refractivity (Wildman–Crippen MR) is 101 cm³/mol. The summed E-state index contributed by atoms with van der Waals surface area (Å²) in [6.45, 7) is 5.26. The Morgan fingerprint density at radius 3 is 2.27 bits per heavy atom. The summed E-state index contributed by atoms with van der Waals surface area (Å²) < 4.78 is 31.7. The SMILES string of the molecule is N#Cc1cccc(CN2C[C@@H]3CN(c4ncccn4)C[C@@H]3C2)c1.O=C(O)C(F)(F)F. The van der Waals surface area contributed by atoms with Crippen molar-refractivity contribution in [2.24, 2.45) is 11.8 Å². The summed E-state index contributed by atoms with van der Waals surface area (Å²) in [6, 6.07) is 12.0. The van der Waals surface area contributed by atoms with Crippen LogP contribution in [0.5, 0.6) is 0 Å². The molecule has 2 aliphatic heterocycles. The molecule has 0 saturated carbocycles. The zero-order valence-electron chi connectivity index (χ0n) is 16.0. The van der Waals surface area contributed by atoms with E-state index in [1.165, 1.54) is 5.56 Å². The van der Waals surface area contributed by atoms with E-state index in [-0.39, 0.29) is 0 Å². The van der Waals surface area contributed by atoms with Gasteiger partial charge in [-0.3, -0.25) is 4.90 Å². The number of carboxylic acids is 1. The Labute approximate surface area is 171 Å². The molecule has 1 N–H and O–H groups in total. The minimum absolute atomic E-state index is 0.693. The number of halogens is 3. The Morgan fingerprint density at radius 2 is 1.73 bits per heavy atom. The third-order valence-corrected chi connectivity index (χ3v) is 5.10. The number of rotatable bonds is 3. The van der Waals surface area contributed by atoms with Gasteiger partial charge >= 0.3 is 12.1 Å². The van der Waals surface area contributed by atoms with E-state index in [0.717, 1.165) is 44.2 Å². The van der Waals surface area contributed by atoms with Crippen molar-refractivity contribution >= 4 is 11.9 Å². The maximum absolute atomic E-state index is 10.6. The van der Waals surface area contributed by atoms with Crippen molar-refractivity contribution < 1.29 is 23.1 Å². The lowest BCUT2D eigenvalue weighted by Gasteiger charge is -2.21. The fourth-order valence-electron chi connectivity index (χ4n) is 3.83. The molecule has 0 unspecified atom stereocenters. The summed E-state index contributed by atoms with van der Waals surface area (Å²) in [6.07, 6.45) is -1.46. The number of anilines is 1. The van der Waals surface area contributed by atoms with Crippen molar-refractivity contribution in [1.82, 2.24) is 14.9 Å². The molecule has 0 amide bonds. The average Bonchev–Trinajstić information content (AvgIpc) is 3.27. The molecule has 158 valence electrons. The van der Waals surface area contributed by atoms with Crippen LogP contribution in [0, 0.1) is 23.2 Å². The molecule has 0 bridgehead atoms. The zero-order valence-corrected chi connectivity index (χ0v) is 16.0. The third-order valence-electron chi connectivity index (χ3n) is 5.10. The molecule has 0 radical (unpaired) electrons. The second kappa shape index (κ2) is 9.09. The van der Waals surface area contributed by atoms with Gasteiger partial charge in [0, 0.05) is 45.1 Å². The van der Waals surface area contributed by atoms with Gasteiger partial charge in [-0.25, -0.2) is 14.8 Å². The number of hydrogen-bond acceptors (Lipinski definition) is 6. The smallest absolute Gasteiger partial charge is 0.475 e. The van der Waals surface area contributed by atoms with Gasteiger partial charge in [-0.2, -0.15) is 18.4 Å². The number of aliphatic carboxylic acids is 1. The van der Waals surface area contributed by atoms with Crippen LogP contribution in [-0.2, 0) is 11.3 Å². The van der Waals surface area contributed by atoms with Gasteiger partial charge < -0.3 is 10.0 Å². The second-order valence-electron chi connectivity index (χ2n) is 7.28. The van der Waals surface area contributed by atoms with Crippen LogP contribution >= 0.6 is 0 Å². The number of fused-ring (bicyclic) bond motifs is 1. The molecular formula is C20H20F3N5O2. The van der Waals surface area contributed by atoms with Crippen LogP contribution in [-0.4, -0.2) is 58.3 Å². The molecule has 1 aromatic carbocycles. The molecule has 0 spiro atoms. The van der Waals surface area contributed by atoms with Crippen molar-refractivity contribution in [3.05, 3.63) is 53.9 Å². The summed E-state index contributed by atoms with van der Waals surface area (Å²) in [5, 5.41) is 16.1. The van der Waals surface area contributed by atoms with Gasteiger partial charge in [0.05, 0.1) is 11.6 Å². The molecular weight excluding hydrogens is 399 g/mol. The first-order valence-corrected chi connectivity index (χ1v) is 9.29. The van der Waals surface area contributed by atoms with Crippen LogP contribution < -0.4 is 4.90 Å². The van der Waals surface area contributed by atoms with E-state index in [0.29, 0.717) is 11.8 Å². The van der Waals surface area contributed by atoms with E-state index in [9.17, 15) is 13.2 Å². The summed E-state index contributed by atoms with van der Waals surface area (Å²) in [5.74, 6) is -0.515. The number of aromatic nitrogens is 2. The molecule has 2 aromatic rings. The third kappa shape index (κ3) is 5.45. The molecule has 2 fully saturated rings. The van der Waals surface area contributed by atoms with E-state index in [2.05, 4.69) is 31.9 Å². The topological polar surface area (TPSA) is 93.4 Å². The zero-order chi connectivity index (χ0) is 21.7. The Kier molecular flexibility index (Phi) is 6.52. The Morgan fingerprint density at radius 1 is 1.13 bits per heavy atom. The molecule has 7 nitrogen and oxygen atoms in total. The average molecular weight is 419 g/mol. The van der Waals surface area contributed by atoms with Gasteiger partial charge in [-0.1, -0.05) is 12.1 Å². The molecule has 1 aromatic heterocycles. The number of nitrogens with zero attached hydrogens (tertiary/aromatic N) is 5. The molecule has 4 rings (SSSR count). The number of nitriles is 1. The first-order valence-electron chi connectivity index (χ1n) is 9.29. The Balaban J connectivity index is 0.000000318. The number of hydrogen-bond donors (Lipinski definition) is 1. The van der Waals surface area contributed by atoms with E-state index in [1.807, 2.05) is 36.7 Å². The van der Waals surface area contributed by atoms with Crippen molar-refractivity contribution in [2.45, 2.75) is 12.7 Å². The quantitative estimate of drug-likeness (QED) is 0.817. The predicted octanol–water partition coefficient (Wildman–Crippen LogP) is 2.55. The van der Waals surface area contributed by atoms with E-state index < -0.39 is 12.1 Å². The molecule has 0 aliphatic carbocycles. The first kappa shape index (κ1) is 21.5. The number of alkyl halides is 3. The fourth-order valence-corrected chi connectivity index (χ4v) is 3.83. The number of carboxylic acid groups (broad SMARTS) is 1. The highest BCUT2D eigenvalue weighted by Gasteiger charge is 2.40. The maximum atomic E-state index is 10.6. The van der Waals surface area contributed by atoms with Gasteiger partial charge in [0.1, 0.15) is 0 Å². The monoisotopic (exact) mass is 419 g/mol. The normalized spacial score (nSPS) is 20.8. The van der Waals surface area contributed by atoms with Crippen LogP contribution in [0.2, 0.25) is 0 Å². The molecule has 2 saturated heterocycles. The summed E-state index contributed by atoms with van der Waals surface area (Å²) in [5.41, 5.74) is 1.97. The summed E-state index contributed by atoms with van der Waals surface area (Å²) >= 11 is 0. The minimum atomic E-state index is -5.08. The fraction of sp³-hybridized carbons (Fsp3) is 0.400. The van der Waals surface area contributed by atoms with Gasteiger partial charge in [0.15, 0.2) is 0 Å². The lowest BCUT2D eigenvalue weighted by Crippen LogP contribution is -2.29. The van der Waals surface area contributed by atoms with Crippen molar-refractivity contribution in [1.29, 1.82) is 5.26 Å². The van der Waals surface area contributed by atoms with Crippen LogP contribution in [0.15, 0.2) is 42.7 Å². The second-order valence-corrected chi connectivity index (χ2v) is 7.28. The lowest BCUT2D eigenvalue weighted by molar-refractivity contribution is -0.192. The Hall–Kier alpha value is -3.19. The number of carbonyl (C=O) groups is 1. The Bertz CT molecular complexity index is 903. The van der Waals surface area contributed by atoms with E-state index in [4.69, 9.17) is 15.2 Å². The van der Waals surface area contributed by atoms with Crippen LogP contribution in [0.1, 0.15) is 11.1 Å². The molecule has 2 atom stereocenters. The number of benzene rings is 1. The summed E-state index contributed by atoms with van der Waals surface area (Å²) in [4.78, 5) is 22.4. The standard InChI is InChI=1S/C18H19N5.C2HF3O2/c19-8-14-3-1-4-15(7-14)9-22-10-16-12-23(13-17(16)11-22)18-20-5-2-6-21-18;3-2(4,5)1(6)7/h1-7,16-17H,9-13H2;(H,6,7)/t16-,17+;. The highest BCUT2D eigenvalue weighted by molar-refractivity contribution is 5.73. The minimum Gasteiger partial charge on any atom is -0.475 e. The molecule has 10 heteroatoms. The highest BCUT2D eigenvalue weighted by atomic mass is 19.4. The number of likely N-dealkylation sites (tertiary alicyclic amines) is 1. The van der Waals surface area contributed by atoms with Gasteiger partial charge in [0.25, 0.3) is 0 Å². The van der Waals surface area contributed by atoms with Crippen LogP contribution in [0.3, 0.4) is 0 Å². The van der Waals surface area contributed by atoms with Gasteiger partial charge in [-0.05, 0) is 35.6 Å². The molecule has 30 heavy (non-hydrogen) atoms. The lowest BCUT2D eigenvalue weighted by atomic mass is 10.0. The molecule has 2 aliphatic rings.